The lowest BCUT2D eigenvalue weighted by molar-refractivity contribution is -0.115. The van der Waals surface area contributed by atoms with Crippen molar-refractivity contribution in [1.29, 1.82) is 0 Å². The first kappa shape index (κ1) is 19.6. The van der Waals surface area contributed by atoms with Crippen LogP contribution in [0.1, 0.15) is 63.5 Å². The maximum Gasteiger partial charge on any atom is 0.410 e. The molecule has 30 heavy (non-hydrogen) atoms. The molecule has 0 saturated carbocycles. The summed E-state index contributed by atoms with van der Waals surface area (Å²) in [4.78, 5) is 15.0. The van der Waals surface area contributed by atoms with Gasteiger partial charge in [-0.25, -0.2) is 4.79 Å². The molecule has 2 aromatic rings. The van der Waals surface area contributed by atoms with Gasteiger partial charge >= 0.3 is 6.09 Å². The fraction of sp³-hybridized carbons (Fsp3) is 0.500. The third kappa shape index (κ3) is 2.96. The van der Waals surface area contributed by atoms with Crippen LogP contribution in [-0.4, -0.2) is 40.4 Å². The van der Waals surface area contributed by atoms with Gasteiger partial charge in [-0.1, -0.05) is 69.3 Å². The van der Waals surface area contributed by atoms with E-state index in [9.17, 15) is 9.90 Å². The molecule has 2 heterocycles. The molecule has 2 saturated heterocycles. The van der Waals surface area contributed by atoms with Crippen LogP contribution in [0.3, 0.4) is 0 Å². The van der Waals surface area contributed by atoms with Crippen LogP contribution in [0.4, 0.5) is 4.79 Å². The lowest BCUT2D eigenvalue weighted by Crippen LogP contribution is -2.58. The van der Waals surface area contributed by atoms with E-state index in [1.807, 2.05) is 4.90 Å². The number of carbonyl (C=O) groups is 1. The Bertz CT molecular complexity index is 917. The Morgan fingerprint density at radius 2 is 1.50 bits per heavy atom. The second-order valence-corrected chi connectivity index (χ2v) is 10.3. The molecule has 0 spiro atoms. The zero-order valence-corrected chi connectivity index (χ0v) is 18.1. The minimum absolute atomic E-state index is 0.0728. The van der Waals surface area contributed by atoms with Crippen molar-refractivity contribution in [2.75, 3.05) is 6.61 Å². The summed E-state index contributed by atoms with van der Waals surface area (Å²) in [6.45, 7) is 6.63. The lowest BCUT2D eigenvalue weighted by Gasteiger charge is -2.49. The summed E-state index contributed by atoms with van der Waals surface area (Å²) in [5.74, 6) is 0.0790. The number of fused-ring (bicyclic) bond motifs is 5. The number of aliphatic hydroxyl groups is 1. The third-order valence-electron chi connectivity index (χ3n) is 7.71. The highest BCUT2D eigenvalue weighted by atomic mass is 16.6. The largest absolute Gasteiger partial charge is 0.448 e. The molecule has 2 aliphatic heterocycles. The monoisotopic (exact) mass is 405 g/mol. The van der Waals surface area contributed by atoms with Crippen molar-refractivity contribution in [3.05, 3.63) is 59.7 Å². The molecule has 2 atom stereocenters. The Balaban J connectivity index is 1.32. The summed E-state index contributed by atoms with van der Waals surface area (Å²) in [6, 6.07) is 17.0. The van der Waals surface area contributed by atoms with E-state index in [2.05, 4.69) is 69.3 Å². The number of benzene rings is 2. The topological polar surface area (TPSA) is 49.8 Å². The van der Waals surface area contributed by atoms with Gasteiger partial charge in [-0.05, 0) is 53.4 Å². The minimum Gasteiger partial charge on any atom is -0.448 e. The summed E-state index contributed by atoms with van der Waals surface area (Å²) in [5, 5.41) is 11.2. The van der Waals surface area contributed by atoms with E-state index in [-0.39, 0.29) is 29.5 Å². The van der Waals surface area contributed by atoms with Crippen molar-refractivity contribution in [2.45, 2.75) is 70.1 Å². The molecule has 2 bridgehead atoms. The first-order chi connectivity index (χ1) is 14.3. The highest BCUT2D eigenvalue weighted by Gasteiger charge is 2.54. The Morgan fingerprint density at radius 1 is 1.00 bits per heavy atom. The number of amides is 1. The van der Waals surface area contributed by atoms with Gasteiger partial charge in [-0.3, -0.25) is 0 Å². The van der Waals surface area contributed by atoms with Crippen LogP contribution in [0, 0.1) is 5.41 Å². The van der Waals surface area contributed by atoms with E-state index >= 15 is 0 Å². The maximum absolute atomic E-state index is 13.1. The zero-order valence-electron chi connectivity index (χ0n) is 18.1. The number of carbonyl (C=O) groups excluding carboxylic acids is 1. The van der Waals surface area contributed by atoms with E-state index in [0.717, 1.165) is 12.8 Å². The normalized spacial score (nSPS) is 27.7. The van der Waals surface area contributed by atoms with Crippen LogP contribution in [-0.2, 0) is 4.74 Å². The molecule has 158 valence electrons. The summed E-state index contributed by atoms with van der Waals surface area (Å²) < 4.78 is 5.92. The van der Waals surface area contributed by atoms with Gasteiger partial charge in [-0.15, -0.1) is 0 Å². The predicted molar refractivity (Wildman–Crippen MR) is 117 cm³/mol. The van der Waals surface area contributed by atoms with Crippen molar-refractivity contribution in [2.24, 2.45) is 5.41 Å². The minimum atomic E-state index is -0.723. The van der Waals surface area contributed by atoms with Crippen molar-refractivity contribution in [3.8, 4) is 11.1 Å². The number of hydrogen-bond acceptors (Lipinski definition) is 3. The molecule has 2 unspecified atom stereocenters. The molecule has 1 N–H and O–H groups in total. The Morgan fingerprint density at radius 3 is 2.00 bits per heavy atom. The Labute approximate surface area is 178 Å². The maximum atomic E-state index is 13.1. The molecule has 1 amide bonds. The fourth-order valence-electron chi connectivity index (χ4n) is 5.80. The van der Waals surface area contributed by atoms with Gasteiger partial charge in [0.2, 0.25) is 0 Å². The zero-order chi connectivity index (χ0) is 21.1. The Hall–Kier alpha value is -2.33. The molecule has 3 aliphatic rings. The molecule has 0 aromatic heterocycles. The second-order valence-electron chi connectivity index (χ2n) is 10.3. The summed E-state index contributed by atoms with van der Waals surface area (Å²) >= 11 is 0. The van der Waals surface area contributed by atoms with Crippen LogP contribution in [0.5, 0.6) is 0 Å². The van der Waals surface area contributed by atoms with Gasteiger partial charge in [0.05, 0.1) is 5.60 Å². The number of rotatable bonds is 2. The average Bonchev–Trinajstić information content (AvgIpc) is 3.18. The fourth-order valence-corrected chi connectivity index (χ4v) is 5.80. The third-order valence-corrected chi connectivity index (χ3v) is 7.71. The first-order valence-corrected chi connectivity index (χ1v) is 11.1. The second kappa shape index (κ2) is 6.84. The molecule has 4 nitrogen and oxygen atoms in total. The SMILES string of the molecule is CC(C)(C)C1(O)CC2CCC(C1)N2C(=O)OCC1c2ccccc2-c2ccccc21. The molecule has 2 aromatic carbocycles. The van der Waals surface area contributed by atoms with Gasteiger partial charge in [0.1, 0.15) is 6.61 Å². The van der Waals surface area contributed by atoms with E-state index in [1.54, 1.807) is 0 Å². The number of ether oxygens (including phenoxy) is 1. The van der Waals surface area contributed by atoms with Crippen LogP contribution in [0.2, 0.25) is 0 Å². The molecule has 1 aliphatic carbocycles. The van der Waals surface area contributed by atoms with E-state index in [1.165, 1.54) is 22.3 Å². The molecule has 2 fully saturated rings. The molecule has 4 heteroatoms. The number of hydrogen-bond donors (Lipinski definition) is 1. The molecule has 0 radical (unpaired) electrons. The smallest absolute Gasteiger partial charge is 0.410 e. The van der Waals surface area contributed by atoms with Gasteiger partial charge < -0.3 is 14.7 Å². The van der Waals surface area contributed by atoms with E-state index in [4.69, 9.17) is 4.74 Å². The van der Waals surface area contributed by atoms with Crippen LogP contribution in [0.15, 0.2) is 48.5 Å². The van der Waals surface area contributed by atoms with Crippen LogP contribution in [0.25, 0.3) is 11.1 Å². The summed E-state index contributed by atoms with van der Waals surface area (Å²) in [5.41, 5.74) is 4.02. The van der Waals surface area contributed by atoms with Gasteiger partial charge in [0, 0.05) is 18.0 Å². The summed E-state index contributed by atoms with van der Waals surface area (Å²) in [7, 11) is 0. The molecular weight excluding hydrogens is 374 g/mol. The Kier molecular flexibility index (Phi) is 4.48. The van der Waals surface area contributed by atoms with Gasteiger partial charge in [-0.2, -0.15) is 0 Å². The standard InChI is InChI=1S/C26H31NO3/c1-25(2,3)26(29)14-17-12-13-18(15-26)27(17)24(28)30-16-23-21-10-6-4-8-19(21)20-9-5-7-11-22(20)23/h4-11,17-18,23,29H,12-16H2,1-3H3. The number of nitrogens with zero attached hydrogens (tertiary/aromatic N) is 1. The first-order valence-electron chi connectivity index (χ1n) is 11.1. The quantitative estimate of drug-likeness (QED) is 0.734. The van der Waals surface area contributed by atoms with Crippen molar-refractivity contribution < 1.29 is 14.6 Å². The predicted octanol–water partition coefficient (Wildman–Crippen LogP) is 5.34. The van der Waals surface area contributed by atoms with E-state index < -0.39 is 5.60 Å². The number of piperidine rings is 1. The molecule has 5 rings (SSSR count). The van der Waals surface area contributed by atoms with Crippen molar-refractivity contribution in [3.63, 3.8) is 0 Å². The lowest BCUT2D eigenvalue weighted by atomic mass is 9.69. The van der Waals surface area contributed by atoms with Gasteiger partial charge in [0.15, 0.2) is 0 Å². The highest BCUT2D eigenvalue weighted by molar-refractivity contribution is 5.79. The average molecular weight is 406 g/mol. The van der Waals surface area contributed by atoms with E-state index in [0.29, 0.717) is 19.4 Å². The highest BCUT2D eigenvalue weighted by Crippen LogP contribution is 2.49. The van der Waals surface area contributed by atoms with Crippen LogP contribution >= 0.6 is 0 Å². The molecular formula is C26H31NO3. The summed E-state index contributed by atoms with van der Waals surface area (Å²) in [6.07, 6.45) is 2.95. The van der Waals surface area contributed by atoms with Crippen molar-refractivity contribution in [1.82, 2.24) is 4.90 Å². The van der Waals surface area contributed by atoms with Crippen LogP contribution < -0.4 is 0 Å². The van der Waals surface area contributed by atoms with Gasteiger partial charge in [0.25, 0.3) is 0 Å². The van der Waals surface area contributed by atoms with Crippen molar-refractivity contribution >= 4 is 6.09 Å².